The van der Waals surface area contributed by atoms with Gasteiger partial charge in [0, 0.05) is 24.0 Å². The highest BCUT2D eigenvalue weighted by Crippen LogP contribution is 2.10. The van der Waals surface area contributed by atoms with Crippen molar-refractivity contribution >= 4 is 23.6 Å². The third kappa shape index (κ3) is 5.80. The van der Waals surface area contributed by atoms with Gasteiger partial charge in [-0.25, -0.2) is 0 Å². The van der Waals surface area contributed by atoms with E-state index in [9.17, 15) is 9.59 Å². The summed E-state index contributed by atoms with van der Waals surface area (Å²) in [7, 11) is 0. The van der Waals surface area contributed by atoms with Crippen molar-refractivity contribution in [3.05, 3.63) is 12.7 Å². The average molecular weight is 245 g/mol. The van der Waals surface area contributed by atoms with Gasteiger partial charge in [0.15, 0.2) is 0 Å². The van der Waals surface area contributed by atoms with Gasteiger partial charge in [-0.1, -0.05) is 19.9 Å². The number of aliphatic carboxylic acids is 1. The van der Waals surface area contributed by atoms with E-state index in [-0.39, 0.29) is 5.91 Å². The van der Waals surface area contributed by atoms with E-state index in [0.29, 0.717) is 6.54 Å². The van der Waals surface area contributed by atoms with Crippen molar-refractivity contribution in [2.75, 3.05) is 18.1 Å². The molecule has 0 aromatic heterocycles. The van der Waals surface area contributed by atoms with Crippen LogP contribution in [0.15, 0.2) is 12.7 Å². The van der Waals surface area contributed by atoms with Gasteiger partial charge < -0.3 is 10.4 Å². The normalized spacial score (nSPS) is 13.9. The van der Waals surface area contributed by atoms with Gasteiger partial charge in [-0.15, -0.1) is 6.58 Å². The molecular weight excluding hydrogens is 226 g/mol. The third-order valence-electron chi connectivity index (χ3n) is 2.33. The van der Waals surface area contributed by atoms with Crippen molar-refractivity contribution in [3.8, 4) is 0 Å². The number of carboxylic acid groups (broad SMARTS) is 1. The summed E-state index contributed by atoms with van der Waals surface area (Å²) in [6, 6.07) is 0. The van der Waals surface area contributed by atoms with Gasteiger partial charge in [-0.05, 0) is 0 Å². The van der Waals surface area contributed by atoms with E-state index in [1.54, 1.807) is 25.6 Å². The van der Waals surface area contributed by atoms with Gasteiger partial charge in [0.1, 0.15) is 0 Å². The van der Waals surface area contributed by atoms with Crippen molar-refractivity contribution in [1.29, 1.82) is 0 Å². The van der Waals surface area contributed by atoms with Crippen LogP contribution in [0, 0.1) is 11.8 Å². The maximum Gasteiger partial charge on any atom is 0.307 e. The molecule has 0 aromatic rings. The smallest absolute Gasteiger partial charge is 0.307 e. The number of carbonyl (C=O) groups excluding carboxylic acids is 1. The van der Waals surface area contributed by atoms with Gasteiger partial charge in [-0.2, -0.15) is 11.8 Å². The molecule has 2 atom stereocenters. The average Bonchev–Trinajstić information content (AvgIpc) is 2.26. The first-order chi connectivity index (χ1) is 7.50. The van der Waals surface area contributed by atoms with E-state index in [1.807, 2.05) is 6.08 Å². The zero-order chi connectivity index (χ0) is 12.6. The maximum atomic E-state index is 11.5. The Balaban J connectivity index is 3.79. The summed E-state index contributed by atoms with van der Waals surface area (Å²) in [6.07, 6.45) is 1.81. The largest absolute Gasteiger partial charge is 0.481 e. The summed E-state index contributed by atoms with van der Waals surface area (Å²) in [5.41, 5.74) is 0. The zero-order valence-corrected chi connectivity index (χ0v) is 10.5. The summed E-state index contributed by atoms with van der Waals surface area (Å²) in [5, 5.41) is 11.5. The van der Waals surface area contributed by atoms with Crippen LogP contribution >= 0.6 is 11.8 Å². The molecule has 92 valence electrons. The minimum Gasteiger partial charge on any atom is -0.481 e. The van der Waals surface area contributed by atoms with Crippen LogP contribution in [0.4, 0.5) is 0 Å². The maximum absolute atomic E-state index is 11.5. The van der Waals surface area contributed by atoms with Gasteiger partial charge in [-0.3, -0.25) is 9.59 Å². The second-order valence-electron chi connectivity index (χ2n) is 3.57. The minimum absolute atomic E-state index is 0.200. The lowest BCUT2D eigenvalue weighted by molar-refractivity contribution is -0.146. The van der Waals surface area contributed by atoms with Gasteiger partial charge in [0.2, 0.25) is 5.91 Å². The number of rotatable bonds is 8. The number of carbonyl (C=O) groups is 2. The fraction of sp³-hybridized carbons (Fsp3) is 0.636. The Morgan fingerprint density at radius 3 is 2.56 bits per heavy atom. The van der Waals surface area contributed by atoms with E-state index in [4.69, 9.17) is 5.11 Å². The second-order valence-corrected chi connectivity index (χ2v) is 4.72. The quantitative estimate of drug-likeness (QED) is 0.501. The van der Waals surface area contributed by atoms with E-state index in [1.165, 1.54) is 0 Å². The summed E-state index contributed by atoms with van der Waals surface area (Å²) < 4.78 is 0. The van der Waals surface area contributed by atoms with Crippen LogP contribution in [0.1, 0.15) is 13.8 Å². The number of carboxylic acids is 1. The summed E-state index contributed by atoms with van der Waals surface area (Å²) in [4.78, 5) is 22.2. The van der Waals surface area contributed by atoms with Crippen LogP contribution in [-0.4, -0.2) is 35.0 Å². The van der Waals surface area contributed by atoms with E-state index >= 15 is 0 Å². The van der Waals surface area contributed by atoms with Crippen molar-refractivity contribution in [2.45, 2.75) is 13.8 Å². The predicted molar refractivity (Wildman–Crippen MR) is 66.5 cm³/mol. The Morgan fingerprint density at radius 1 is 1.44 bits per heavy atom. The van der Waals surface area contributed by atoms with Crippen LogP contribution in [0.25, 0.3) is 0 Å². The highest BCUT2D eigenvalue weighted by molar-refractivity contribution is 7.99. The number of hydrogen-bond donors (Lipinski definition) is 2. The molecule has 0 heterocycles. The molecule has 5 heteroatoms. The van der Waals surface area contributed by atoms with Crippen LogP contribution in [0.2, 0.25) is 0 Å². The molecule has 2 unspecified atom stereocenters. The molecule has 0 aliphatic heterocycles. The van der Waals surface area contributed by atoms with Crippen molar-refractivity contribution < 1.29 is 14.7 Å². The summed E-state index contributed by atoms with van der Waals surface area (Å²) in [6.45, 7) is 7.33. The SMILES string of the molecule is C=CCSCCNC(=O)C(C)C(C)C(=O)O. The van der Waals surface area contributed by atoms with Crippen LogP contribution < -0.4 is 5.32 Å². The van der Waals surface area contributed by atoms with Crippen molar-refractivity contribution in [2.24, 2.45) is 11.8 Å². The van der Waals surface area contributed by atoms with E-state index in [0.717, 1.165) is 11.5 Å². The molecule has 16 heavy (non-hydrogen) atoms. The van der Waals surface area contributed by atoms with Gasteiger partial charge >= 0.3 is 5.97 Å². The number of thioether (sulfide) groups is 1. The van der Waals surface area contributed by atoms with E-state index < -0.39 is 17.8 Å². The molecule has 0 aromatic carbocycles. The molecular formula is C11H19NO3S. The fourth-order valence-corrected chi connectivity index (χ4v) is 1.59. The number of amides is 1. The third-order valence-corrected chi connectivity index (χ3v) is 3.30. The second kappa shape index (κ2) is 8.21. The molecule has 1 amide bonds. The molecule has 0 aliphatic rings. The van der Waals surface area contributed by atoms with Crippen LogP contribution in [0.5, 0.6) is 0 Å². The topological polar surface area (TPSA) is 66.4 Å². The van der Waals surface area contributed by atoms with Crippen LogP contribution in [0.3, 0.4) is 0 Å². The molecule has 0 radical (unpaired) electrons. The van der Waals surface area contributed by atoms with Crippen molar-refractivity contribution in [3.63, 3.8) is 0 Å². The first kappa shape index (κ1) is 15.0. The molecule has 0 fully saturated rings. The molecule has 2 N–H and O–H groups in total. The number of nitrogens with one attached hydrogen (secondary N) is 1. The minimum atomic E-state index is -0.941. The lowest BCUT2D eigenvalue weighted by atomic mass is 9.95. The Morgan fingerprint density at radius 2 is 2.06 bits per heavy atom. The Kier molecular flexibility index (Phi) is 7.72. The Bertz CT molecular complexity index is 256. The highest BCUT2D eigenvalue weighted by Gasteiger charge is 2.25. The predicted octanol–water partition coefficient (Wildman–Crippen LogP) is 1.38. The molecule has 0 rings (SSSR count). The molecule has 4 nitrogen and oxygen atoms in total. The van der Waals surface area contributed by atoms with Gasteiger partial charge in [0.05, 0.1) is 5.92 Å². The zero-order valence-electron chi connectivity index (χ0n) is 9.73. The first-order valence-electron chi connectivity index (χ1n) is 5.19. The lowest BCUT2D eigenvalue weighted by Gasteiger charge is -2.15. The van der Waals surface area contributed by atoms with Gasteiger partial charge in [0.25, 0.3) is 0 Å². The lowest BCUT2D eigenvalue weighted by Crippen LogP contribution is -2.36. The molecule has 0 aliphatic carbocycles. The standard InChI is InChI=1S/C11H19NO3S/c1-4-6-16-7-5-12-10(13)8(2)9(3)11(14)15/h4,8-9H,1,5-7H2,2-3H3,(H,12,13)(H,14,15). The molecule has 0 spiro atoms. The molecule has 0 saturated carbocycles. The number of hydrogen-bond acceptors (Lipinski definition) is 3. The molecule has 0 saturated heterocycles. The Labute approximate surface area is 100 Å². The highest BCUT2D eigenvalue weighted by atomic mass is 32.2. The van der Waals surface area contributed by atoms with Crippen molar-refractivity contribution in [1.82, 2.24) is 5.32 Å². The first-order valence-corrected chi connectivity index (χ1v) is 6.35. The monoisotopic (exact) mass is 245 g/mol. The Hall–Kier alpha value is -0.970. The summed E-state index contributed by atoms with van der Waals surface area (Å²) in [5.74, 6) is -0.622. The molecule has 0 bridgehead atoms. The van der Waals surface area contributed by atoms with Crippen LogP contribution in [-0.2, 0) is 9.59 Å². The summed E-state index contributed by atoms with van der Waals surface area (Å²) >= 11 is 1.67. The fourth-order valence-electron chi connectivity index (χ4n) is 1.01. The van der Waals surface area contributed by atoms with E-state index in [2.05, 4.69) is 11.9 Å².